The van der Waals surface area contributed by atoms with Crippen LogP contribution in [0.25, 0.3) is 0 Å². The predicted octanol–water partition coefficient (Wildman–Crippen LogP) is 0.183. The summed E-state index contributed by atoms with van der Waals surface area (Å²) < 4.78 is 22.9. The lowest BCUT2D eigenvalue weighted by molar-refractivity contribution is 0.433. The smallest absolute Gasteiger partial charge is 0.251 e. The number of H-pyrrole nitrogens is 1. The largest absolute Gasteiger partial charge is 0.494 e. The van der Waals surface area contributed by atoms with Crippen LogP contribution in [-0.4, -0.2) is 24.3 Å². The molecule has 1 rings (SSSR count). The number of aromatic hydroxyl groups is 1. The quantitative estimate of drug-likeness (QED) is 0.739. The third-order valence-electron chi connectivity index (χ3n) is 1.85. The van der Waals surface area contributed by atoms with E-state index in [2.05, 4.69) is 0 Å². The second-order valence-electron chi connectivity index (χ2n) is 2.90. The number of hydrogen-bond acceptors (Lipinski definition) is 4. The lowest BCUT2D eigenvalue weighted by Crippen LogP contribution is -2.12. The highest BCUT2D eigenvalue weighted by atomic mass is 32.2. The van der Waals surface area contributed by atoms with Crippen LogP contribution in [0.4, 0.5) is 0 Å². The number of pyridine rings is 1. The summed E-state index contributed by atoms with van der Waals surface area (Å²) in [5.41, 5.74) is -0.261. The maximum Gasteiger partial charge on any atom is 0.251 e. The average Bonchev–Trinajstić information content (AvgIpc) is 2.01. The van der Waals surface area contributed by atoms with Gasteiger partial charge in [0.2, 0.25) is 5.88 Å². The van der Waals surface area contributed by atoms with E-state index < -0.39 is 21.3 Å². The molecular formula is C8H11NO4S. The lowest BCUT2D eigenvalue weighted by atomic mass is 10.3. The van der Waals surface area contributed by atoms with Gasteiger partial charge in [-0.3, -0.25) is 9.78 Å². The average molecular weight is 217 g/mol. The molecule has 0 bridgehead atoms. The highest BCUT2D eigenvalue weighted by molar-refractivity contribution is 7.91. The molecule has 1 heterocycles. The monoisotopic (exact) mass is 217 g/mol. The summed E-state index contributed by atoms with van der Waals surface area (Å²) in [5.74, 6) is -0.704. The Hall–Kier alpha value is -1.30. The van der Waals surface area contributed by atoms with Gasteiger partial charge in [-0.1, -0.05) is 6.92 Å². The maximum absolute atomic E-state index is 11.5. The Morgan fingerprint density at radius 2 is 2.07 bits per heavy atom. The van der Waals surface area contributed by atoms with Gasteiger partial charge < -0.3 is 5.11 Å². The SMILES string of the molecule is CCS(=O)(=O)c1c(C)cc(=O)[nH]c1O. The molecule has 1 aromatic rings. The zero-order valence-electron chi connectivity index (χ0n) is 7.86. The van der Waals surface area contributed by atoms with Gasteiger partial charge in [-0.15, -0.1) is 0 Å². The molecule has 0 atom stereocenters. The van der Waals surface area contributed by atoms with E-state index in [9.17, 15) is 18.3 Å². The second-order valence-corrected chi connectivity index (χ2v) is 5.11. The molecule has 1 aromatic heterocycles. The Kier molecular flexibility index (Phi) is 2.66. The van der Waals surface area contributed by atoms with E-state index in [0.29, 0.717) is 0 Å². The van der Waals surface area contributed by atoms with Crippen molar-refractivity contribution in [1.82, 2.24) is 4.98 Å². The Morgan fingerprint density at radius 1 is 1.50 bits per heavy atom. The van der Waals surface area contributed by atoms with Crippen molar-refractivity contribution in [3.05, 3.63) is 22.0 Å². The first-order chi connectivity index (χ1) is 6.38. The summed E-state index contributed by atoms with van der Waals surface area (Å²) >= 11 is 0. The van der Waals surface area contributed by atoms with Crippen LogP contribution < -0.4 is 5.56 Å². The van der Waals surface area contributed by atoms with Crippen molar-refractivity contribution in [2.75, 3.05) is 5.75 Å². The Morgan fingerprint density at radius 3 is 2.50 bits per heavy atom. The summed E-state index contributed by atoms with van der Waals surface area (Å²) in [6.45, 7) is 2.94. The van der Waals surface area contributed by atoms with Crippen molar-refractivity contribution in [2.45, 2.75) is 18.7 Å². The zero-order chi connectivity index (χ0) is 10.9. The fourth-order valence-electron chi connectivity index (χ4n) is 1.20. The van der Waals surface area contributed by atoms with Crippen molar-refractivity contribution in [3.63, 3.8) is 0 Å². The molecule has 2 N–H and O–H groups in total. The number of rotatable bonds is 2. The van der Waals surface area contributed by atoms with E-state index in [1.807, 2.05) is 4.98 Å². The van der Waals surface area contributed by atoms with Gasteiger partial charge in [0.15, 0.2) is 9.84 Å². The molecule has 0 saturated heterocycles. The fourth-order valence-corrected chi connectivity index (χ4v) is 2.38. The Balaban J connectivity index is 3.59. The summed E-state index contributed by atoms with van der Waals surface area (Å²) in [4.78, 5) is 12.7. The van der Waals surface area contributed by atoms with Gasteiger partial charge in [0.25, 0.3) is 5.56 Å². The first-order valence-electron chi connectivity index (χ1n) is 4.04. The van der Waals surface area contributed by atoms with E-state index in [0.717, 1.165) is 6.07 Å². The van der Waals surface area contributed by atoms with Gasteiger partial charge in [-0.2, -0.15) is 0 Å². The van der Waals surface area contributed by atoms with E-state index in [4.69, 9.17) is 0 Å². The van der Waals surface area contributed by atoms with E-state index in [1.165, 1.54) is 13.8 Å². The van der Waals surface area contributed by atoms with E-state index in [-0.39, 0.29) is 16.2 Å². The van der Waals surface area contributed by atoms with Gasteiger partial charge in [0.1, 0.15) is 4.90 Å². The molecule has 0 spiro atoms. The van der Waals surface area contributed by atoms with Gasteiger partial charge in [-0.05, 0) is 12.5 Å². The molecule has 0 aliphatic carbocycles. The molecular weight excluding hydrogens is 206 g/mol. The number of aromatic amines is 1. The van der Waals surface area contributed by atoms with Crippen molar-refractivity contribution in [1.29, 1.82) is 0 Å². The molecule has 0 aromatic carbocycles. The van der Waals surface area contributed by atoms with Gasteiger partial charge in [0.05, 0.1) is 5.75 Å². The minimum absolute atomic E-state index is 0.118. The van der Waals surface area contributed by atoms with Crippen molar-refractivity contribution in [2.24, 2.45) is 0 Å². The van der Waals surface area contributed by atoms with Crippen LogP contribution in [0.15, 0.2) is 15.8 Å². The number of nitrogens with one attached hydrogen (secondary N) is 1. The highest BCUT2D eigenvalue weighted by Gasteiger charge is 2.20. The molecule has 0 aliphatic heterocycles. The molecule has 0 aliphatic rings. The van der Waals surface area contributed by atoms with Crippen LogP contribution in [0.3, 0.4) is 0 Å². The first-order valence-corrected chi connectivity index (χ1v) is 5.69. The molecule has 0 radical (unpaired) electrons. The fraction of sp³-hybridized carbons (Fsp3) is 0.375. The third-order valence-corrected chi connectivity index (χ3v) is 3.75. The molecule has 0 fully saturated rings. The Labute approximate surface area is 81.3 Å². The standard InChI is InChI=1S/C8H11NO4S/c1-3-14(12,13)7-5(2)4-6(10)9-8(7)11/h4H,3H2,1-2H3,(H2,9,10,11). The number of sulfone groups is 1. The van der Waals surface area contributed by atoms with Crippen molar-refractivity contribution in [3.8, 4) is 5.88 Å². The summed E-state index contributed by atoms with van der Waals surface area (Å²) in [6.07, 6.45) is 0. The molecule has 0 amide bonds. The Bertz CT molecular complexity index is 474. The molecule has 5 nitrogen and oxygen atoms in total. The normalized spacial score (nSPS) is 11.6. The van der Waals surface area contributed by atoms with Crippen LogP contribution in [0.2, 0.25) is 0 Å². The predicted molar refractivity (Wildman–Crippen MR) is 51.2 cm³/mol. The van der Waals surface area contributed by atoms with Crippen molar-refractivity contribution < 1.29 is 13.5 Å². The minimum atomic E-state index is -3.50. The number of aryl methyl sites for hydroxylation is 1. The summed E-state index contributed by atoms with van der Waals surface area (Å²) in [7, 11) is -3.50. The maximum atomic E-state index is 11.5. The zero-order valence-corrected chi connectivity index (χ0v) is 8.68. The molecule has 14 heavy (non-hydrogen) atoms. The van der Waals surface area contributed by atoms with E-state index >= 15 is 0 Å². The first kappa shape index (κ1) is 10.8. The molecule has 0 saturated carbocycles. The van der Waals surface area contributed by atoms with Gasteiger partial charge in [0, 0.05) is 6.07 Å². The van der Waals surface area contributed by atoms with Gasteiger partial charge in [-0.25, -0.2) is 8.42 Å². The van der Waals surface area contributed by atoms with Crippen LogP contribution in [0.5, 0.6) is 5.88 Å². The third kappa shape index (κ3) is 1.79. The molecule has 6 heteroatoms. The van der Waals surface area contributed by atoms with Crippen LogP contribution in [-0.2, 0) is 9.84 Å². The van der Waals surface area contributed by atoms with E-state index in [1.54, 1.807) is 0 Å². The van der Waals surface area contributed by atoms with Crippen molar-refractivity contribution >= 4 is 9.84 Å². The summed E-state index contributed by atoms with van der Waals surface area (Å²) in [5, 5.41) is 9.30. The second kappa shape index (κ2) is 3.45. The molecule has 78 valence electrons. The lowest BCUT2D eigenvalue weighted by Gasteiger charge is -2.06. The topological polar surface area (TPSA) is 87.2 Å². The summed E-state index contributed by atoms with van der Waals surface area (Å²) in [6, 6.07) is 1.14. The van der Waals surface area contributed by atoms with Crippen LogP contribution in [0, 0.1) is 6.92 Å². The molecule has 0 unspecified atom stereocenters. The van der Waals surface area contributed by atoms with Gasteiger partial charge >= 0.3 is 0 Å². The highest BCUT2D eigenvalue weighted by Crippen LogP contribution is 2.22. The van der Waals surface area contributed by atoms with Crippen LogP contribution in [0.1, 0.15) is 12.5 Å². The van der Waals surface area contributed by atoms with Crippen LogP contribution >= 0.6 is 0 Å². The minimum Gasteiger partial charge on any atom is -0.494 e. The number of aromatic nitrogens is 1. The number of hydrogen-bond donors (Lipinski definition) is 2.